The van der Waals surface area contributed by atoms with Gasteiger partial charge in [0.05, 0.1) is 6.04 Å². The van der Waals surface area contributed by atoms with Gasteiger partial charge in [-0.1, -0.05) is 24.3 Å². The van der Waals surface area contributed by atoms with E-state index in [1.54, 1.807) is 0 Å². The van der Waals surface area contributed by atoms with Crippen LogP contribution in [-0.2, 0) is 17.4 Å². The van der Waals surface area contributed by atoms with E-state index in [1.165, 1.54) is 16.0 Å². The van der Waals surface area contributed by atoms with E-state index in [1.807, 2.05) is 13.8 Å². The molecule has 0 saturated carbocycles. The van der Waals surface area contributed by atoms with Crippen molar-refractivity contribution in [1.82, 2.24) is 9.21 Å². The van der Waals surface area contributed by atoms with Crippen molar-refractivity contribution in [3.8, 4) is 0 Å². The number of likely N-dealkylation sites (tertiary alicyclic amines) is 1. The predicted octanol–water partition coefficient (Wildman–Crippen LogP) is 2.76. The van der Waals surface area contributed by atoms with Crippen LogP contribution in [0.25, 0.3) is 0 Å². The summed E-state index contributed by atoms with van der Waals surface area (Å²) in [6.07, 6.45) is 1.80. The molecule has 1 aromatic carbocycles. The van der Waals surface area contributed by atoms with E-state index in [2.05, 4.69) is 28.6 Å². The summed E-state index contributed by atoms with van der Waals surface area (Å²) < 4.78 is 14.6. The number of carboxylic acid groups (broad SMARTS) is 1. The topological polar surface area (TPSA) is 60.6 Å². The van der Waals surface area contributed by atoms with Gasteiger partial charge >= 0.3 is 6.09 Å². The van der Waals surface area contributed by atoms with Gasteiger partial charge in [0, 0.05) is 13.1 Å². The Kier molecular flexibility index (Phi) is 3.16. The maximum Gasteiger partial charge on any atom is 0.407 e. The molecule has 5 nitrogen and oxygen atoms in total. The minimum atomic E-state index is -0.948. The third-order valence-electron chi connectivity index (χ3n) is 5.84. The van der Waals surface area contributed by atoms with E-state index in [-0.39, 0.29) is 16.3 Å². The zero-order chi connectivity index (χ0) is 16.4. The summed E-state index contributed by atoms with van der Waals surface area (Å²) in [5, 5.41) is 9.22. The lowest BCUT2D eigenvalue weighted by Gasteiger charge is -2.43. The van der Waals surface area contributed by atoms with Crippen molar-refractivity contribution in [2.45, 2.75) is 44.0 Å². The lowest BCUT2D eigenvalue weighted by molar-refractivity contribution is 0.0526. The number of piperidine rings is 1. The molecule has 2 heterocycles. The molecule has 1 amide bonds. The Bertz CT molecular complexity index is 695. The molecule has 1 aromatic rings. The van der Waals surface area contributed by atoms with Crippen LogP contribution < -0.4 is 0 Å². The SMILES string of the molecule is CC1(C)N([C@H]2c3ccccc3CC23CCN(C(=O)O)CC3)S1=O. The molecular formula is C17H22N2O3S. The third-order valence-corrected chi connectivity index (χ3v) is 7.74. The van der Waals surface area contributed by atoms with Gasteiger partial charge in [0.25, 0.3) is 0 Å². The van der Waals surface area contributed by atoms with Crippen molar-refractivity contribution in [3.05, 3.63) is 35.4 Å². The van der Waals surface area contributed by atoms with Gasteiger partial charge in [0.15, 0.2) is 0 Å². The number of hydrogen-bond donors (Lipinski definition) is 1. The van der Waals surface area contributed by atoms with Crippen LogP contribution in [0.5, 0.6) is 0 Å². The maximum absolute atomic E-state index is 12.5. The fourth-order valence-electron chi connectivity index (χ4n) is 4.47. The Morgan fingerprint density at radius 3 is 2.43 bits per heavy atom. The quantitative estimate of drug-likeness (QED) is 0.803. The number of hydrogen-bond acceptors (Lipinski definition) is 2. The van der Waals surface area contributed by atoms with Gasteiger partial charge in [0.1, 0.15) is 15.9 Å². The van der Waals surface area contributed by atoms with E-state index in [9.17, 15) is 14.1 Å². The molecule has 6 heteroatoms. The second-order valence-corrected chi connectivity index (χ2v) is 9.32. The van der Waals surface area contributed by atoms with Gasteiger partial charge in [-0.15, -0.1) is 0 Å². The number of nitrogens with zero attached hydrogens (tertiary/aromatic N) is 2. The number of rotatable bonds is 1. The standard InChI is InChI=1S/C17H22N2O3S/c1-16(2)19(23(16)22)14-13-6-4-3-5-12(13)11-17(14)7-9-18(10-8-17)15(20)21/h3-6,14H,7-11H2,1-2H3,(H,20,21)/t14-,19?,23?/m0/s1. The second kappa shape index (κ2) is 4.80. The van der Waals surface area contributed by atoms with Crippen molar-refractivity contribution in [1.29, 1.82) is 0 Å². The molecule has 0 radical (unpaired) electrons. The van der Waals surface area contributed by atoms with Gasteiger partial charge < -0.3 is 10.0 Å². The fraction of sp³-hybridized carbons (Fsp3) is 0.588. The molecule has 23 heavy (non-hydrogen) atoms. The maximum atomic E-state index is 12.5. The molecular weight excluding hydrogens is 312 g/mol. The molecule has 0 bridgehead atoms. The number of carbonyl (C=O) groups is 1. The molecule has 2 saturated heterocycles. The van der Waals surface area contributed by atoms with Crippen molar-refractivity contribution in [3.63, 3.8) is 0 Å². The Morgan fingerprint density at radius 1 is 1.26 bits per heavy atom. The van der Waals surface area contributed by atoms with Crippen LogP contribution in [0.2, 0.25) is 0 Å². The van der Waals surface area contributed by atoms with Gasteiger partial charge in [0.2, 0.25) is 0 Å². The zero-order valence-electron chi connectivity index (χ0n) is 13.5. The minimum absolute atomic E-state index is 0.0130. The molecule has 3 atom stereocenters. The van der Waals surface area contributed by atoms with E-state index >= 15 is 0 Å². The van der Waals surface area contributed by atoms with Crippen LogP contribution in [0.1, 0.15) is 43.9 Å². The minimum Gasteiger partial charge on any atom is -0.465 e. The summed E-state index contributed by atoms with van der Waals surface area (Å²) in [4.78, 5) is 12.5. The highest BCUT2D eigenvalue weighted by Crippen LogP contribution is 2.61. The predicted molar refractivity (Wildman–Crippen MR) is 88.2 cm³/mol. The lowest BCUT2D eigenvalue weighted by Crippen LogP contribution is -2.46. The molecule has 0 aromatic heterocycles. The molecule has 1 spiro atoms. The van der Waals surface area contributed by atoms with Gasteiger partial charge in [-0.2, -0.15) is 4.31 Å². The summed E-state index contributed by atoms with van der Waals surface area (Å²) in [5.74, 6) is 0. The second-order valence-electron chi connectivity index (χ2n) is 7.43. The monoisotopic (exact) mass is 334 g/mol. The molecule has 3 aliphatic rings. The first kappa shape index (κ1) is 15.1. The highest BCUT2D eigenvalue weighted by Gasteiger charge is 2.64. The first-order valence-electron chi connectivity index (χ1n) is 8.14. The van der Waals surface area contributed by atoms with Crippen molar-refractivity contribution < 1.29 is 14.1 Å². The molecule has 1 N–H and O–H groups in total. The normalized spacial score (nSPS) is 33.5. The van der Waals surface area contributed by atoms with Crippen LogP contribution in [0.3, 0.4) is 0 Å². The Morgan fingerprint density at radius 2 is 1.87 bits per heavy atom. The molecule has 2 fully saturated rings. The van der Waals surface area contributed by atoms with Crippen LogP contribution in [0.4, 0.5) is 4.79 Å². The number of benzene rings is 1. The molecule has 124 valence electrons. The average molecular weight is 334 g/mol. The lowest BCUT2D eigenvalue weighted by atomic mass is 9.72. The summed E-state index contributed by atoms with van der Waals surface area (Å²) in [6, 6.07) is 8.58. The summed E-state index contributed by atoms with van der Waals surface area (Å²) >= 11 is 0. The van der Waals surface area contributed by atoms with Crippen molar-refractivity contribution in [2.75, 3.05) is 13.1 Å². The highest BCUT2D eigenvalue weighted by atomic mass is 32.2. The summed E-state index contributed by atoms with van der Waals surface area (Å²) in [5.41, 5.74) is 2.63. The number of amides is 1. The Labute approximate surface area is 138 Å². The molecule has 1 aliphatic carbocycles. The Balaban J connectivity index is 1.70. The van der Waals surface area contributed by atoms with Crippen molar-refractivity contribution >= 4 is 17.1 Å². The van der Waals surface area contributed by atoms with Gasteiger partial charge in [-0.05, 0) is 49.7 Å². The highest BCUT2D eigenvalue weighted by molar-refractivity contribution is 7.90. The van der Waals surface area contributed by atoms with E-state index in [0.29, 0.717) is 13.1 Å². The van der Waals surface area contributed by atoms with Crippen LogP contribution in [0.15, 0.2) is 24.3 Å². The van der Waals surface area contributed by atoms with E-state index in [4.69, 9.17) is 0 Å². The first-order chi connectivity index (χ1) is 10.9. The first-order valence-corrected chi connectivity index (χ1v) is 9.24. The largest absolute Gasteiger partial charge is 0.465 e. The molecule has 4 rings (SSSR count). The molecule has 2 unspecified atom stereocenters. The van der Waals surface area contributed by atoms with Gasteiger partial charge in [-0.25, -0.2) is 9.00 Å². The summed E-state index contributed by atoms with van der Waals surface area (Å²) in [6.45, 7) is 5.20. The summed E-state index contributed by atoms with van der Waals surface area (Å²) in [7, 11) is -0.948. The zero-order valence-corrected chi connectivity index (χ0v) is 14.3. The average Bonchev–Trinajstić information content (AvgIpc) is 2.87. The fourth-order valence-corrected chi connectivity index (χ4v) is 5.86. The van der Waals surface area contributed by atoms with Crippen molar-refractivity contribution in [2.24, 2.45) is 5.41 Å². The van der Waals surface area contributed by atoms with Crippen LogP contribution in [-0.4, -0.2) is 42.6 Å². The van der Waals surface area contributed by atoms with E-state index < -0.39 is 17.1 Å². The van der Waals surface area contributed by atoms with Gasteiger partial charge in [-0.3, -0.25) is 0 Å². The smallest absolute Gasteiger partial charge is 0.407 e. The molecule has 2 aliphatic heterocycles. The van der Waals surface area contributed by atoms with E-state index in [0.717, 1.165) is 19.3 Å². The van der Waals surface area contributed by atoms with Crippen LogP contribution in [0, 0.1) is 5.41 Å². The Hall–Kier alpha value is -1.40. The van der Waals surface area contributed by atoms with Crippen LogP contribution >= 0.6 is 0 Å². The third kappa shape index (κ3) is 2.08. The number of fused-ring (bicyclic) bond motifs is 1.